The second-order valence-corrected chi connectivity index (χ2v) is 6.35. The summed E-state index contributed by atoms with van der Waals surface area (Å²) in [5.41, 5.74) is 1.33. The minimum absolute atomic E-state index is 0.186. The number of ether oxygens (including phenoxy) is 2. The number of fused-ring (bicyclic) bond motifs is 1. The zero-order valence-corrected chi connectivity index (χ0v) is 14.9. The molecule has 134 valence electrons. The molecule has 0 aliphatic rings. The van der Waals surface area contributed by atoms with Crippen LogP contribution in [0.25, 0.3) is 10.8 Å². The second kappa shape index (κ2) is 7.91. The molecule has 0 bridgehead atoms. The van der Waals surface area contributed by atoms with Gasteiger partial charge in [-0.3, -0.25) is 0 Å². The van der Waals surface area contributed by atoms with Crippen molar-refractivity contribution in [2.45, 2.75) is 19.8 Å². The van der Waals surface area contributed by atoms with E-state index in [0.29, 0.717) is 23.7 Å². The zero-order valence-electron chi connectivity index (χ0n) is 14.9. The van der Waals surface area contributed by atoms with E-state index in [0.717, 1.165) is 16.7 Å². The summed E-state index contributed by atoms with van der Waals surface area (Å²) in [5.74, 6) is 0.564. The van der Waals surface area contributed by atoms with E-state index in [1.165, 1.54) is 0 Å². The summed E-state index contributed by atoms with van der Waals surface area (Å²) >= 11 is 0. The lowest BCUT2D eigenvalue weighted by atomic mass is 10.0. The first kappa shape index (κ1) is 17.8. The van der Waals surface area contributed by atoms with E-state index >= 15 is 0 Å². The summed E-state index contributed by atoms with van der Waals surface area (Å²) in [6.45, 7) is 4.85. The van der Waals surface area contributed by atoms with Gasteiger partial charge in [0.05, 0.1) is 0 Å². The van der Waals surface area contributed by atoms with Gasteiger partial charge in [-0.2, -0.15) is 0 Å². The van der Waals surface area contributed by atoms with Crippen LogP contribution in [0.2, 0.25) is 0 Å². The fourth-order valence-corrected chi connectivity index (χ4v) is 2.98. The average molecular weight is 350 g/mol. The third-order valence-corrected chi connectivity index (χ3v) is 4.24. The van der Waals surface area contributed by atoms with Gasteiger partial charge in [0, 0.05) is 0 Å². The number of carboxylic acid groups (broad SMARTS) is 1. The van der Waals surface area contributed by atoms with Crippen molar-refractivity contribution in [3.05, 3.63) is 71.8 Å². The molecule has 4 nitrogen and oxygen atoms in total. The minimum Gasteiger partial charge on any atom is -0.490 e. The van der Waals surface area contributed by atoms with Crippen molar-refractivity contribution in [1.82, 2.24) is 0 Å². The number of hydrogen-bond donors (Lipinski definition) is 1. The van der Waals surface area contributed by atoms with Crippen LogP contribution in [0.5, 0.6) is 11.5 Å². The van der Waals surface area contributed by atoms with Gasteiger partial charge >= 0.3 is 5.97 Å². The number of para-hydroxylation sites is 1. The SMILES string of the molecule is CC(C)c1ccccc1OCCOc1ccc2ccccc2c1C(=O)O. The third kappa shape index (κ3) is 3.80. The van der Waals surface area contributed by atoms with Gasteiger partial charge in [0.25, 0.3) is 0 Å². The van der Waals surface area contributed by atoms with Crippen LogP contribution < -0.4 is 9.47 Å². The summed E-state index contributed by atoms with van der Waals surface area (Å²) in [6.07, 6.45) is 0. The maximum atomic E-state index is 11.7. The minimum atomic E-state index is -0.997. The molecule has 0 fully saturated rings. The highest BCUT2D eigenvalue weighted by molar-refractivity contribution is 6.06. The van der Waals surface area contributed by atoms with E-state index in [1.807, 2.05) is 48.5 Å². The molecular weight excluding hydrogens is 328 g/mol. The highest BCUT2D eigenvalue weighted by Crippen LogP contribution is 2.29. The molecule has 0 heterocycles. The molecule has 0 saturated carbocycles. The molecule has 0 amide bonds. The summed E-state index contributed by atoms with van der Waals surface area (Å²) in [4.78, 5) is 11.7. The molecule has 1 N–H and O–H groups in total. The second-order valence-electron chi connectivity index (χ2n) is 6.35. The maximum Gasteiger partial charge on any atom is 0.340 e. The van der Waals surface area contributed by atoms with Gasteiger partial charge < -0.3 is 14.6 Å². The van der Waals surface area contributed by atoms with E-state index in [4.69, 9.17) is 9.47 Å². The predicted octanol–water partition coefficient (Wildman–Crippen LogP) is 5.12. The topological polar surface area (TPSA) is 55.8 Å². The van der Waals surface area contributed by atoms with Crippen LogP contribution >= 0.6 is 0 Å². The van der Waals surface area contributed by atoms with Crippen molar-refractivity contribution in [3.63, 3.8) is 0 Å². The van der Waals surface area contributed by atoms with Crippen molar-refractivity contribution in [2.75, 3.05) is 13.2 Å². The number of rotatable bonds is 7. The molecule has 3 aromatic carbocycles. The Morgan fingerprint density at radius 3 is 2.27 bits per heavy atom. The van der Waals surface area contributed by atoms with Gasteiger partial charge in [0.15, 0.2) is 0 Å². The summed E-state index contributed by atoms with van der Waals surface area (Å²) in [5, 5.41) is 11.1. The molecule has 0 radical (unpaired) electrons. The van der Waals surface area contributed by atoms with E-state index in [1.54, 1.807) is 12.1 Å². The molecule has 0 aliphatic carbocycles. The smallest absolute Gasteiger partial charge is 0.340 e. The lowest BCUT2D eigenvalue weighted by Gasteiger charge is -2.15. The van der Waals surface area contributed by atoms with E-state index in [-0.39, 0.29) is 12.2 Å². The monoisotopic (exact) mass is 350 g/mol. The highest BCUT2D eigenvalue weighted by atomic mass is 16.5. The molecule has 0 unspecified atom stereocenters. The first-order valence-corrected chi connectivity index (χ1v) is 8.67. The summed E-state index contributed by atoms with van der Waals surface area (Å²) in [6, 6.07) is 18.9. The average Bonchev–Trinajstić information content (AvgIpc) is 2.64. The molecule has 0 atom stereocenters. The van der Waals surface area contributed by atoms with E-state index in [9.17, 15) is 9.90 Å². The summed E-state index contributed by atoms with van der Waals surface area (Å²) in [7, 11) is 0. The van der Waals surface area contributed by atoms with Gasteiger partial charge in [-0.1, -0.05) is 62.4 Å². The largest absolute Gasteiger partial charge is 0.490 e. The molecule has 3 rings (SSSR count). The normalized spacial score (nSPS) is 10.9. The first-order chi connectivity index (χ1) is 12.6. The third-order valence-electron chi connectivity index (χ3n) is 4.24. The van der Waals surface area contributed by atoms with Gasteiger partial charge in [-0.25, -0.2) is 4.79 Å². The Morgan fingerprint density at radius 1 is 0.885 bits per heavy atom. The molecule has 26 heavy (non-hydrogen) atoms. The first-order valence-electron chi connectivity index (χ1n) is 8.67. The number of carboxylic acids is 1. The van der Waals surface area contributed by atoms with Crippen molar-refractivity contribution >= 4 is 16.7 Å². The molecule has 0 aromatic heterocycles. The van der Waals surface area contributed by atoms with Crippen molar-refractivity contribution < 1.29 is 19.4 Å². The summed E-state index contributed by atoms with van der Waals surface area (Å²) < 4.78 is 11.6. The molecule has 0 spiro atoms. The van der Waals surface area contributed by atoms with Gasteiger partial charge in [0.1, 0.15) is 30.3 Å². The Morgan fingerprint density at radius 2 is 1.54 bits per heavy atom. The number of aromatic carboxylic acids is 1. The van der Waals surface area contributed by atoms with Crippen LogP contribution in [0, 0.1) is 0 Å². The standard InChI is InChI=1S/C22H22O4/c1-15(2)17-8-5-6-10-19(17)25-13-14-26-20-12-11-16-7-3-4-9-18(16)21(20)22(23)24/h3-12,15H,13-14H2,1-2H3,(H,23,24). The number of carbonyl (C=O) groups is 1. The quantitative estimate of drug-likeness (QED) is 0.601. The predicted molar refractivity (Wildman–Crippen MR) is 102 cm³/mol. The molecule has 4 heteroatoms. The van der Waals surface area contributed by atoms with E-state index in [2.05, 4.69) is 13.8 Å². The van der Waals surface area contributed by atoms with Crippen LogP contribution in [-0.2, 0) is 0 Å². The van der Waals surface area contributed by atoms with Crippen molar-refractivity contribution in [3.8, 4) is 11.5 Å². The van der Waals surface area contributed by atoms with Gasteiger partial charge in [0.2, 0.25) is 0 Å². The van der Waals surface area contributed by atoms with Gasteiger partial charge in [-0.15, -0.1) is 0 Å². The van der Waals surface area contributed by atoms with E-state index < -0.39 is 5.97 Å². The molecule has 0 saturated heterocycles. The molecule has 0 aliphatic heterocycles. The Hall–Kier alpha value is -3.01. The molecule has 3 aromatic rings. The zero-order chi connectivity index (χ0) is 18.5. The Labute approximate surface area is 153 Å². The van der Waals surface area contributed by atoms with Gasteiger partial charge in [-0.05, 0) is 34.4 Å². The molecular formula is C22H22O4. The lowest BCUT2D eigenvalue weighted by molar-refractivity contribution is 0.0693. The Bertz CT molecular complexity index is 915. The maximum absolute atomic E-state index is 11.7. The van der Waals surface area contributed by atoms with Crippen LogP contribution in [0.1, 0.15) is 35.7 Å². The van der Waals surface area contributed by atoms with Crippen molar-refractivity contribution in [1.29, 1.82) is 0 Å². The van der Waals surface area contributed by atoms with Crippen LogP contribution in [0.3, 0.4) is 0 Å². The fourth-order valence-electron chi connectivity index (χ4n) is 2.98. The lowest BCUT2D eigenvalue weighted by Crippen LogP contribution is -2.12. The number of benzene rings is 3. The fraction of sp³-hybridized carbons (Fsp3) is 0.227. The van der Waals surface area contributed by atoms with Crippen LogP contribution in [-0.4, -0.2) is 24.3 Å². The highest BCUT2D eigenvalue weighted by Gasteiger charge is 2.15. The van der Waals surface area contributed by atoms with Crippen LogP contribution in [0.4, 0.5) is 0 Å². The van der Waals surface area contributed by atoms with Crippen molar-refractivity contribution in [2.24, 2.45) is 0 Å². The van der Waals surface area contributed by atoms with Crippen LogP contribution in [0.15, 0.2) is 60.7 Å². The Kier molecular flexibility index (Phi) is 5.42. The number of hydrogen-bond acceptors (Lipinski definition) is 3. The Balaban J connectivity index is 1.71.